The molecule has 1 heterocycles. The maximum absolute atomic E-state index is 12.2. The number of carbonyl (C=O) groups excluding carboxylic acids is 3. The van der Waals surface area contributed by atoms with E-state index in [1.807, 2.05) is 0 Å². The predicted molar refractivity (Wildman–Crippen MR) is 104 cm³/mol. The van der Waals surface area contributed by atoms with Crippen molar-refractivity contribution in [3.8, 4) is 0 Å². The molecule has 26 heavy (non-hydrogen) atoms. The first-order chi connectivity index (χ1) is 12.5. The molecule has 0 aromatic heterocycles. The standard InChI is InChI=1S/C18H14Cl2N2O3S/c19-13-6-3-7-14(16(13)20)21-15(23)10-26-9-8-22-17(24)11-4-1-2-5-12(11)18(22)25/h1-7H,8-10H2,(H,21,23). The van der Waals surface area contributed by atoms with Gasteiger partial charge in [0.2, 0.25) is 5.91 Å². The smallest absolute Gasteiger partial charge is 0.261 e. The summed E-state index contributed by atoms with van der Waals surface area (Å²) in [5.74, 6) is -0.182. The van der Waals surface area contributed by atoms with E-state index in [0.29, 0.717) is 32.6 Å². The number of hydrogen-bond donors (Lipinski definition) is 1. The third-order valence-corrected chi connectivity index (χ3v) is 5.55. The summed E-state index contributed by atoms with van der Waals surface area (Å²) >= 11 is 13.3. The Bertz CT molecular complexity index is 853. The van der Waals surface area contributed by atoms with Crippen molar-refractivity contribution in [2.24, 2.45) is 0 Å². The first-order valence-corrected chi connectivity index (χ1v) is 9.67. The molecular formula is C18H14Cl2N2O3S. The molecule has 1 aliphatic heterocycles. The second-order valence-electron chi connectivity index (χ2n) is 5.51. The molecule has 0 saturated carbocycles. The summed E-state index contributed by atoms with van der Waals surface area (Å²) in [5.41, 5.74) is 1.30. The van der Waals surface area contributed by atoms with E-state index in [1.165, 1.54) is 16.7 Å². The van der Waals surface area contributed by atoms with Gasteiger partial charge in [-0.3, -0.25) is 19.3 Å². The lowest BCUT2D eigenvalue weighted by Crippen LogP contribution is -2.32. The SMILES string of the molecule is O=C(CSCCN1C(=O)c2ccccc2C1=O)Nc1cccc(Cl)c1Cl. The van der Waals surface area contributed by atoms with Gasteiger partial charge in [0.15, 0.2) is 0 Å². The van der Waals surface area contributed by atoms with E-state index >= 15 is 0 Å². The molecule has 3 amide bonds. The number of carbonyl (C=O) groups is 3. The zero-order valence-electron chi connectivity index (χ0n) is 13.5. The van der Waals surface area contributed by atoms with Gasteiger partial charge in [0.25, 0.3) is 11.8 Å². The lowest BCUT2D eigenvalue weighted by molar-refractivity contribution is -0.113. The third-order valence-electron chi connectivity index (χ3n) is 3.80. The van der Waals surface area contributed by atoms with E-state index in [0.717, 1.165) is 0 Å². The summed E-state index contributed by atoms with van der Waals surface area (Å²) in [7, 11) is 0. The van der Waals surface area contributed by atoms with E-state index in [9.17, 15) is 14.4 Å². The number of hydrogen-bond acceptors (Lipinski definition) is 4. The molecule has 8 heteroatoms. The Kier molecular flexibility index (Phi) is 5.86. The lowest BCUT2D eigenvalue weighted by atomic mass is 10.1. The monoisotopic (exact) mass is 408 g/mol. The maximum atomic E-state index is 12.2. The highest BCUT2D eigenvalue weighted by Crippen LogP contribution is 2.29. The van der Waals surface area contributed by atoms with E-state index in [1.54, 1.807) is 42.5 Å². The Hall–Kier alpha value is -2.02. The topological polar surface area (TPSA) is 66.5 Å². The molecule has 2 aromatic carbocycles. The van der Waals surface area contributed by atoms with E-state index in [-0.39, 0.29) is 30.0 Å². The van der Waals surface area contributed by atoms with Gasteiger partial charge in [0.05, 0.1) is 32.6 Å². The zero-order chi connectivity index (χ0) is 18.7. The third kappa shape index (κ3) is 3.87. The second-order valence-corrected chi connectivity index (χ2v) is 7.40. The van der Waals surface area contributed by atoms with Gasteiger partial charge in [0, 0.05) is 12.3 Å². The molecule has 1 aliphatic rings. The fourth-order valence-corrected chi connectivity index (χ4v) is 3.61. The zero-order valence-corrected chi connectivity index (χ0v) is 15.8. The molecule has 0 unspecified atom stereocenters. The Balaban J connectivity index is 1.48. The van der Waals surface area contributed by atoms with Gasteiger partial charge in [-0.15, -0.1) is 0 Å². The molecule has 0 radical (unpaired) electrons. The minimum atomic E-state index is -0.290. The largest absolute Gasteiger partial charge is 0.324 e. The summed E-state index contributed by atoms with van der Waals surface area (Å²) in [4.78, 5) is 37.7. The van der Waals surface area contributed by atoms with Crippen molar-refractivity contribution in [2.75, 3.05) is 23.4 Å². The number of imide groups is 1. The van der Waals surface area contributed by atoms with E-state index in [2.05, 4.69) is 5.32 Å². The number of anilines is 1. The summed E-state index contributed by atoms with van der Waals surface area (Å²) in [5, 5.41) is 3.34. The van der Waals surface area contributed by atoms with Crippen molar-refractivity contribution in [3.05, 3.63) is 63.6 Å². The summed E-state index contributed by atoms with van der Waals surface area (Å²) in [6, 6.07) is 11.7. The number of amides is 3. The fourth-order valence-electron chi connectivity index (χ4n) is 2.55. The molecule has 0 spiro atoms. The van der Waals surface area contributed by atoms with Crippen LogP contribution < -0.4 is 5.32 Å². The van der Waals surface area contributed by atoms with Crippen molar-refractivity contribution in [1.29, 1.82) is 0 Å². The molecule has 1 N–H and O–H groups in total. The van der Waals surface area contributed by atoms with Crippen LogP contribution >= 0.6 is 35.0 Å². The summed E-state index contributed by atoms with van der Waals surface area (Å²) < 4.78 is 0. The van der Waals surface area contributed by atoms with Crippen LogP contribution in [0.25, 0.3) is 0 Å². The Morgan fingerprint density at radius 1 is 1.00 bits per heavy atom. The van der Waals surface area contributed by atoms with Gasteiger partial charge in [-0.25, -0.2) is 0 Å². The van der Waals surface area contributed by atoms with Crippen molar-refractivity contribution in [2.45, 2.75) is 0 Å². The highest BCUT2D eigenvalue weighted by Gasteiger charge is 2.34. The highest BCUT2D eigenvalue weighted by atomic mass is 35.5. The normalized spacial score (nSPS) is 13.1. The summed E-state index contributed by atoms with van der Waals surface area (Å²) in [6.07, 6.45) is 0. The molecule has 5 nitrogen and oxygen atoms in total. The quantitative estimate of drug-likeness (QED) is 0.580. The lowest BCUT2D eigenvalue weighted by Gasteiger charge is -2.13. The number of nitrogens with zero attached hydrogens (tertiary/aromatic N) is 1. The average Bonchev–Trinajstić information content (AvgIpc) is 2.87. The molecule has 2 aromatic rings. The molecule has 3 rings (SSSR count). The number of fused-ring (bicyclic) bond motifs is 1. The van der Waals surface area contributed by atoms with Crippen molar-refractivity contribution >= 4 is 58.4 Å². The van der Waals surface area contributed by atoms with Crippen LogP contribution in [-0.4, -0.2) is 40.7 Å². The van der Waals surface area contributed by atoms with Crippen molar-refractivity contribution in [1.82, 2.24) is 4.90 Å². The first-order valence-electron chi connectivity index (χ1n) is 7.76. The van der Waals surface area contributed by atoms with Crippen LogP contribution in [0.2, 0.25) is 10.0 Å². The van der Waals surface area contributed by atoms with Gasteiger partial charge in [0.1, 0.15) is 0 Å². The van der Waals surface area contributed by atoms with Crippen LogP contribution in [0.3, 0.4) is 0 Å². The molecule has 0 fully saturated rings. The van der Waals surface area contributed by atoms with Gasteiger partial charge < -0.3 is 5.32 Å². The number of rotatable bonds is 6. The Morgan fingerprint density at radius 2 is 1.65 bits per heavy atom. The van der Waals surface area contributed by atoms with Gasteiger partial charge in [-0.05, 0) is 24.3 Å². The van der Waals surface area contributed by atoms with Crippen LogP contribution in [0.15, 0.2) is 42.5 Å². The van der Waals surface area contributed by atoms with Gasteiger partial charge in [-0.1, -0.05) is 41.4 Å². The minimum Gasteiger partial charge on any atom is -0.324 e. The van der Waals surface area contributed by atoms with Gasteiger partial charge in [-0.2, -0.15) is 11.8 Å². The van der Waals surface area contributed by atoms with Crippen LogP contribution in [0.4, 0.5) is 5.69 Å². The first kappa shape index (κ1) is 18.8. The number of nitrogens with one attached hydrogen (secondary N) is 1. The van der Waals surface area contributed by atoms with E-state index < -0.39 is 0 Å². The number of thioether (sulfide) groups is 1. The second kappa shape index (κ2) is 8.12. The fraction of sp³-hybridized carbons (Fsp3) is 0.167. The number of halogens is 2. The Labute approximate surface area is 164 Å². The molecule has 0 aliphatic carbocycles. The van der Waals surface area contributed by atoms with Crippen LogP contribution in [-0.2, 0) is 4.79 Å². The highest BCUT2D eigenvalue weighted by molar-refractivity contribution is 7.99. The van der Waals surface area contributed by atoms with Crippen LogP contribution in [0, 0.1) is 0 Å². The molecular weight excluding hydrogens is 395 g/mol. The van der Waals surface area contributed by atoms with E-state index in [4.69, 9.17) is 23.2 Å². The van der Waals surface area contributed by atoms with Crippen LogP contribution in [0.5, 0.6) is 0 Å². The molecule has 0 bridgehead atoms. The molecule has 134 valence electrons. The maximum Gasteiger partial charge on any atom is 0.261 e. The van der Waals surface area contributed by atoms with Crippen molar-refractivity contribution < 1.29 is 14.4 Å². The van der Waals surface area contributed by atoms with Crippen molar-refractivity contribution in [3.63, 3.8) is 0 Å². The molecule has 0 atom stereocenters. The minimum absolute atomic E-state index is 0.173. The molecule has 0 saturated heterocycles. The Morgan fingerprint density at radius 3 is 2.31 bits per heavy atom. The number of benzene rings is 2. The van der Waals surface area contributed by atoms with Gasteiger partial charge >= 0.3 is 0 Å². The van der Waals surface area contributed by atoms with Crippen LogP contribution in [0.1, 0.15) is 20.7 Å². The predicted octanol–water partition coefficient (Wildman–Crippen LogP) is 3.96. The average molecular weight is 409 g/mol. The summed E-state index contributed by atoms with van der Waals surface area (Å²) in [6.45, 7) is 0.252.